The van der Waals surface area contributed by atoms with Gasteiger partial charge in [0.1, 0.15) is 5.75 Å². The number of hydrogen-bond acceptors (Lipinski definition) is 4. The van der Waals surface area contributed by atoms with Crippen LogP contribution in [-0.4, -0.2) is 43.1 Å². The summed E-state index contributed by atoms with van der Waals surface area (Å²) in [6.45, 7) is 2.88. The van der Waals surface area contributed by atoms with E-state index in [2.05, 4.69) is 17.0 Å². The molecule has 1 aromatic rings. The lowest BCUT2D eigenvalue weighted by Gasteiger charge is -2.34. The molecule has 2 N–H and O–H groups in total. The number of ether oxygens (including phenoxy) is 1. The summed E-state index contributed by atoms with van der Waals surface area (Å²) in [5, 5.41) is 0. The number of para-hydroxylation sites is 1. The molecule has 0 bridgehead atoms. The van der Waals surface area contributed by atoms with Gasteiger partial charge in [-0.2, -0.15) is 11.8 Å². The molecule has 1 saturated heterocycles. The topological polar surface area (TPSA) is 38.5 Å². The average Bonchev–Trinajstić information content (AvgIpc) is 2.41. The van der Waals surface area contributed by atoms with E-state index in [1.165, 1.54) is 17.1 Å². The fourth-order valence-electron chi connectivity index (χ4n) is 2.30. The normalized spacial score (nSPS) is 18.9. The van der Waals surface area contributed by atoms with Gasteiger partial charge in [0.15, 0.2) is 0 Å². The van der Waals surface area contributed by atoms with Gasteiger partial charge in [0, 0.05) is 36.7 Å². The quantitative estimate of drug-likeness (QED) is 0.886. The summed E-state index contributed by atoms with van der Waals surface area (Å²) in [7, 11) is 1.72. The number of rotatable bonds is 4. The zero-order chi connectivity index (χ0) is 12.1. The maximum atomic E-state index is 5.96. The first kappa shape index (κ1) is 12.7. The Hall–Kier alpha value is -0.710. The zero-order valence-corrected chi connectivity index (χ0v) is 11.1. The Kier molecular flexibility index (Phi) is 4.71. The fourth-order valence-corrected chi connectivity index (χ4v) is 3.23. The second-order valence-electron chi connectivity index (χ2n) is 4.14. The SMILES string of the molecule is COc1ccccc1C(CN)N1CCSCC1. The number of thioether (sulfide) groups is 1. The third-order valence-electron chi connectivity index (χ3n) is 3.21. The molecule has 4 heteroatoms. The minimum atomic E-state index is 0.284. The second kappa shape index (κ2) is 6.28. The highest BCUT2D eigenvalue weighted by atomic mass is 32.2. The van der Waals surface area contributed by atoms with E-state index in [-0.39, 0.29) is 6.04 Å². The van der Waals surface area contributed by atoms with Gasteiger partial charge in [-0.1, -0.05) is 18.2 Å². The third kappa shape index (κ3) is 2.94. The van der Waals surface area contributed by atoms with Crippen molar-refractivity contribution in [3.05, 3.63) is 29.8 Å². The number of benzene rings is 1. The molecule has 2 rings (SSSR count). The first-order chi connectivity index (χ1) is 8.36. The zero-order valence-electron chi connectivity index (χ0n) is 10.3. The Balaban J connectivity index is 2.21. The van der Waals surface area contributed by atoms with Crippen molar-refractivity contribution in [1.29, 1.82) is 0 Å². The molecule has 1 atom stereocenters. The molecule has 0 amide bonds. The van der Waals surface area contributed by atoms with E-state index in [0.717, 1.165) is 18.8 Å². The number of nitrogens with two attached hydrogens (primary N) is 1. The highest BCUT2D eigenvalue weighted by molar-refractivity contribution is 7.99. The van der Waals surface area contributed by atoms with Gasteiger partial charge in [0.25, 0.3) is 0 Å². The lowest BCUT2D eigenvalue weighted by atomic mass is 10.0. The van der Waals surface area contributed by atoms with Gasteiger partial charge in [0.2, 0.25) is 0 Å². The second-order valence-corrected chi connectivity index (χ2v) is 5.37. The highest BCUT2D eigenvalue weighted by Gasteiger charge is 2.23. The van der Waals surface area contributed by atoms with Crippen LogP contribution in [0, 0.1) is 0 Å². The first-order valence-corrected chi connectivity index (χ1v) is 7.17. The number of hydrogen-bond donors (Lipinski definition) is 1. The molecule has 0 saturated carbocycles. The van der Waals surface area contributed by atoms with Crippen molar-refractivity contribution in [1.82, 2.24) is 4.90 Å². The van der Waals surface area contributed by atoms with Crippen LogP contribution in [0.1, 0.15) is 11.6 Å². The van der Waals surface area contributed by atoms with Crippen LogP contribution in [0.25, 0.3) is 0 Å². The predicted octanol–water partition coefficient (Wildman–Crippen LogP) is 1.74. The molecule has 1 aliphatic heterocycles. The minimum absolute atomic E-state index is 0.284. The Labute approximate surface area is 107 Å². The lowest BCUT2D eigenvalue weighted by molar-refractivity contribution is 0.218. The minimum Gasteiger partial charge on any atom is -0.496 e. The van der Waals surface area contributed by atoms with Crippen LogP contribution in [0.3, 0.4) is 0 Å². The van der Waals surface area contributed by atoms with E-state index >= 15 is 0 Å². The van der Waals surface area contributed by atoms with Crippen LogP contribution in [0.15, 0.2) is 24.3 Å². The molecule has 1 heterocycles. The Morgan fingerprint density at radius 3 is 2.71 bits per heavy atom. The van der Waals surface area contributed by atoms with Crippen LogP contribution in [0.5, 0.6) is 5.75 Å². The first-order valence-electron chi connectivity index (χ1n) is 6.01. The maximum absolute atomic E-state index is 5.96. The van der Waals surface area contributed by atoms with Crippen molar-refractivity contribution in [2.75, 3.05) is 38.2 Å². The summed E-state index contributed by atoms with van der Waals surface area (Å²) in [5.41, 5.74) is 7.17. The van der Waals surface area contributed by atoms with Crippen molar-refractivity contribution in [2.45, 2.75) is 6.04 Å². The van der Waals surface area contributed by atoms with Gasteiger partial charge >= 0.3 is 0 Å². The van der Waals surface area contributed by atoms with Crippen molar-refractivity contribution in [3.8, 4) is 5.75 Å². The van der Waals surface area contributed by atoms with E-state index in [4.69, 9.17) is 10.5 Å². The van der Waals surface area contributed by atoms with Crippen molar-refractivity contribution >= 4 is 11.8 Å². The molecule has 1 fully saturated rings. The fraction of sp³-hybridized carbons (Fsp3) is 0.538. The van der Waals surface area contributed by atoms with Crippen molar-refractivity contribution in [2.24, 2.45) is 5.73 Å². The summed E-state index contributed by atoms with van der Waals surface area (Å²) >= 11 is 2.02. The smallest absolute Gasteiger partial charge is 0.123 e. The molecule has 1 aliphatic rings. The van der Waals surface area contributed by atoms with Crippen LogP contribution in [-0.2, 0) is 0 Å². The van der Waals surface area contributed by atoms with Crippen LogP contribution in [0.2, 0.25) is 0 Å². The summed E-state index contributed by atoms with van der Waals surface area (Å²) in [5.74, 6) is 3.35. The largest absolute Gasteiger partial charge is 0.496 e. The monoisotopic (exact) mass is 252 g/mol. The molecular formula is C13H20N2OS. The Bertz CT molecular complexity index is 353. The average molecular weight is 252 g/mol. The van der Waals surface area contributed by atoms with Gasteiger partial charge in [-0.15, -0.1) is 0 Å². The predicted molar refractivity (Wildman–Crippen MR) is 73.7 cm³/mol. The van der Waals surface area contributed by atoms with E-state index in [1.54, 1.807) is 7.11 Å². The Morgan fingerprint density at radius 1 is 1.35 bits per heavy atom. The summed E-state index contributed by atoms with van der Waals surface area (Å²) < 4.78 is 5.43. The van der Waals surface area contributed by atoms with Gasteiger partial charge in [-0.25, -0.2) is 0 Å². The summed E-state index contributed by atoms with van der Waals surface area (Å²) in [6, 6.07) is 8.47. The summed E-state index contributed by atoms with van der Waals surface area (Å²) in [6.07, 6.45) is 0. The maximum Gasteiger partial charge on any atom is 0.123 e. The third-order valence-corrected chi connectivity index (χ3v) is 4.15. The molecule has 0 radical (unpaired) electrons. The molecule has 0 spiro atoms. The van der Waals surface area contributed by atoms with E-state index < -0.39 is 0 Å². The molecule has 94 valence electrons. The van der Waals surface area contributed by atoms with Crippen LogP contribution >= 0.6 is 11.8 Å². The van der Waals surface area contributed by atoms with Crippen molar-refractivity contribution in [3.63, 3.8) is 0 Å². The van der Waals surface area contributed by atoms with Gasteiger partial charge in [-0.05, 0) is 6.07 Å². The van der Waals surface area contributed by atoms with Crippen molar-refractivity contribution < 1.29 is 4.74 Å². The van der Waals surface area contributed by atoms with Crippen LogP contribution < -0.4 is 10.5 Å². The van der Waals surface area contributed by atoms with Gasteiger partial charge < -0.3 is 10.5 Å². The molecule has 1 aromatic carbocycles. The molecule has 0 aliphatic carbocycles. The molecular weight excluding hydrogens is 232 g/mol. The number of nitrogens with zero attached hydrogens (tertiary/aromatic N) is 1. The number of methoxy groups -OCH3 is 1. The highest BCUT2D eigenvalue weighted by Crippen LogP contribution is 2.30. The van der Waals surface area contributed by atoms with Crippen LogP contribution in [0.4, 0.5) is 0 Å². The van der Waals surface area contributed by atoms with E-state index in [1.807, 2.05) is 23.9 Å². The van der Waals surface area contributed by atoms with E-state index in [0.29, 0.717) is 6.54 Å². The van der Waals surface area contributed by atoms with Gasteiger partial charge in [0.05, 0.1) is 13.2 Å². The molecule has 17 heavy (non-hydrogen) atoms. The standard InChI is InChI=1S/C13H20N2OS/c1-16-13-5-3-2-4-11(13)12(10-14)15-6-8-17-9-7-15/h2-5,12H,6-10,14H2,1H3. The molecule has 0 aromatic heterocycles. The Morgan fingerprint density at radius 2 is 2.06 bits per heavy atom. The summed E-state index contributed by atoms with van der Waals surface area (Å²) in [4.78, 5) is 2.47. The lowest BCUT2D eigenvalue weighted by Crippen LogP contribution is -2.39. The van der Waals surface area contributed by atoms with Gasteiger partial charge in [-0.3, -0.25) is 4.90 Å². The molecule has 3 nitrogen and oxygen atoms in total. The van der Waals surface area contributed by atoms with E-state index in [9.17, 15) is 0 Å². The molecule has 1 unspecified atom stereocenters.